The number of carbonyl (C=O) groups is 1. The highest BCUT2D eigenvalue weighted by molar-refractivity contribution is 5.98. The van der Waals surface area contributed by atoms with Gasteiger partial charge in [-0.1, -0.05) is 18.2 Å². The fraction of sp³-hybridized carbons (Fsp3) is 0.344. The quantitative estimate of drug-likeness (QED) is 0.246. The smallest absolute Gasteiger partial charge is 0.335 e. The van der Waals surface area contributed by atoms with E-state index < -0.39 is 5.54 Å². The normalized spacial score (nSPS) is 17.6. The molecule has 0 unspecified atom stereocenters. The van der Waals surface area contributed by atoms with Crippen molar-refractivity contribution in [1.29, 1.82) is 5.26 Å². The number of carbonyl (C=O) groups excluding carboxylic acids is 1. The Kier molecular flexibility index (Phi) is 7.46. The van der Waals surface area contributed by atoms with Crippen molar-refractivity contribution < 1.29 is 9.53 Å². The largest absolute Gasteiger partial charge is 0.457 e. The predicted molar refractivity (Wildman–Crippen MR) is 163 cm³/mol. The second kappa shape index (κ2) is 11.4. The van der Waals surface area contributed by atoms with Gasteiger partial charge in [0.2, 0.25) is 0 Å². The zero-order valence-electron chi connectivity index (χ0n) is 24.3. The third-order valence-corrected chi connectivity index (χ3v) is 8.37. The summed E-state index contributed by atoms with van der Waals surface area (Å²) in [5.74, 6) is 1.18. The standard InChI is InChI=1S/C32H34N8O3/c1-32(2,37-15-6-7-16-37)18-22(19-33)30(41)38-17-14-24(38)20-39-29-27(28(34)35-21-36-29)40(31(39)42)23-10-12-26(13-11-23)43-25-8-4-3-5-9-25/h3-5,8-13,18,21,24H,6-7,14-17,20H2,1-2H3,(H2,34,35,36)/t24-/m0/s1. The van der Waals surface area contributed by atoms with E-state index in [1.165, 1.54) is 15.5 Å². The Balaban J connectivity index is 1.27. The molecule has 2 N–H and O–H groups in total. The van der Waals surface area contributed by atoms with Gasteiger partial charge in [0.25, 0.3) is 5.91 Å². The Morgan fingerprint density at radius 2 is 1.77 bits per heavy atom. The highest BCUT2D eigenvalue weighted by atomic mass is 16.5. The number of hydrogen-bond donors (Lipinski definition) is 1. The van der Waals surface area contributed by atoms with Crippen LogP contribution in [-0.4, -0.2) is 66.0 Å². The molecule has 220 valence electrons. The number of aromatic nitrogens is 4. The molecule has 0 spiro atoms. The topological polar surface area (TPSA) is 135 Å². The lowest BCUT2D eigenvalue weighted by Gasteiger charge is -2.41. The van der Waals surface area contributed by atoms with Crippen LogP contribution in [0.2, 0.25) is 0 Å². The molecule has 2 aliphatic heterocycles. The van der Waals surface area contributed by atoms with Gasteiger partial charge in [-0.05, 0) is 88.7 Å². The molecule has 2 aliphatic rings. The van der Waals surface area contributed by atoms with Crippen molar-refractivity contribution in [2.75, 3.05) is 25.4 Å². The highest BCUT2D eigenvalue weighted by Gasteiger charge is 2.37. The maximum absolute atomic E-state index is 13.9. The van der Waals surface area contributed by atoms with Crippen LogP contribution >= 0.6 is 0 Å². The second-order valence-corrected chi connectivity index (χ2v) is 11.5. The summed E-state index contributed by atoms with van der Waals surface area (Å²) in [6.45, 7) is 6.70. The van der Waals surface area contributed by atoms with Crippen LogP contribution < -0.4 is 16.2 Å². The van der Waals surface area contributed by atoms with E-state index in [1.807, 2.05) is 44.2 Å². The SMILES string of the molecule is CC(C)(C=C(C#N)C(=O)N1CC[C@H]1Cn1c(=O)n(-c2ccc(Oc3ccccc3)cc2)c2c(N)ncnc21)N1CCCC1. The molecule has 2 aromatic heterocycles. The third kappa shape index (κ3) is 5.37. The molecular weight excluding hydrogens is 544 g/mol. The number of ether oxygens (including phenoxy) is 1. The van der Waals surface area contributed by atoms with Crippen molar-refractivity contribution in [3.8, 4) is 23.3 Å². The predicted octanol–water partition coefficient (Wildman–Crippen LogP) is 3.88. The van der Waals surface area contributed by atoms with Gasteiger partial charge in [0.1, 0.15) is 35.0 Å². The number of nitrogens with zero attached hydrogens (tertiary/aromatic N) is 7. The van der Waals surface area contributed by atoms with Gasteiger partial charge < -0.3 is 15.4 Å². The Morgan fingerprint density at radius 1 is 1.07 bits per heavy atom. The molecule has 11 heteroatoms. The summed E-state index contributed by atoms with van der Waals surface area (Å²) in [5, 5.41) is 9.91. The summed E-state index contributed by atoms with van der Waals surface area (Å²) in [6, 6.07) is 18.4. The molecule has 43 heavy (non-hydrogen) atoms. The van der Waals surface area contributed by atoms with Gasteiger partial charge in [-0.3, -0.25) is 18.8 Å². The van der Waals surface area contributed by atoms with E-state index in [0.717, 1.165) is 25.9 Å². The molecule has 0 bridgehead atoms. The summed E-state index contributed by atoms with van der Waals surface area (Å²) in [5.41, 5.74) is 7.00. The van der Waals surface area contributed by atoms with Gasteiger partial charge in [-0.15, -0.1) is 0 Å². The minimum absolute atomic E-state index is 0.126. The molecule has 4 heterocycles. The van der Waals surface area contributed by atoms with E-state index in [0.29, 0.717) is 41.3 Å². The number of para-hydroxylation sites is 1. The fourth-order valence-corrected chi connectivity index (χ4v) is 5.94. The average Bonchev–Trinajstić information content (AvgIpc) is 3.63. The van der Waals surface area contributed by atoms with Crippen molar-refractivity contribution in [3.63, 3.8) is 0 Å². The molecule has 1 atom stereocenters. The summed E-state index contributed by atoms with van der Waals surface area (Å²) < 4.78 is 8.93. The van der Waals surface area contributed by atoms with Crippen LogP contribution in [0.4, 0.5) is 5.82 Å². The molecule has 0 radical (unpaired) electrons. The maximum Gasteiger partial charge on any atom is 0.335 e. The van der Waals surface area contributed by atoms with Gasteiger partial charge in [-0.25, -0.2) is 14.8 Å². The first-order chi connectivity index (χ1) is 20.8. The van der Waals surface area contributed by atoms with Crippen molar-refractivity contribution in [1.82, 2.24) is 28.9 Å². The lowest BCUT2D eigenvalue weighted by Crippen LogP contribution is -2.54. The Morgan fingerprint density at radius 3 is 2.42 bits per heavy atom. The van der Waals surface area contributed by atoms with Gasteiger partial charge in [0, 0.05) is 18.6 Å². The van der Waals surface area contributed by atoms with Crippen LogP contribution in [-0.2, 0) is 11.3 Å². The van der Waals surface area contributed by atoms with E-state index in [-0.39, 0.29) is 35.6 Å². The number of anilines is 1. The number of nitrogens with two attached hydrogens (primary N) is 1. The van der Waals surface area contributed by atoms with E-state index in [1.54, 1.807) is 35.2 Å². The number of hydrogen-bond acceptors (Lipinski definition) is 8. The molecule has 0 saturated carbocycles. The zero-order valence-corrected chi connectivity index (χ0v) is 24.3. The van der Waals surface area contributed by atoms with Crippen molar-refractivity contribution in [3.05, 3.63) is 83.1 Å². The first-order valence-corrected chi connectivity index (χ1v) is 14.5. The summed E-state index contributed by atoms with van der Waals surface area (Å²) >= 11 is 0. The second-order valence-electron chi connectivity index (χ2n) is 11.5. The number of nitrogen functional groups attached to an aromatic ring is 1. The van der Waals surface area contributed by atoms with Gasteiger partial charge >= 0.3 is 5.69 Å². The monoisotopic (exact) mass is 578 g/mol. The van der Waals surface area contributed by atoms with Gasteiger partial charge in [0.05, 0.1) is 11.7 Å². The van der Waals surface area contributed by atoms with Crippen molar-refractivity contribution >= 4 is 22.9 Å². The molecule has 0 aliphatic carbocycles. The summed E-state index contributed by atoms with van der Waals surface area (Å²) in [7, 11) is 0. The van der Waals surface area contributed by atoms with Crippen molar-refractivity contribution in [2.45, 2.75) is 51.2 Å². The molecule has 2 saturated heterocycles. The number of fused-ring (bicyclic) bond motifs is 1. The van der Waals surface area contributed by atoms with Gasteiger partial charge in [0.15, 0.2) is 11.5 Å². The minimum Gasteiger partial charge on any atom is -0.457 e. The molecule has 2 aromatic carbocycles. The minimum atomic E-state index is -0.405. The first kappa shape index (κ1) is 28.2. The summed E-state index contributed by atoms with van der Waals surface area (Å²) in [4.78, 5) is 39.9. The molecule has 2 fully saturated rings. The third-order valence-electron chi connectivity index (χ3n) is 8.37. The maximum atomic E-state index is 13.9. The summed E-state index contributed by atoms with van der Waals surface area (Å²) in [6.07, 6.45) is 6.04. The number of rotatable bonds is 8. The highest BCUT2D eigenvalue weighted by Crippen LogP contribution is 2.29. The first-order valence-electron chi connectivity index (χ1n) is 14.5. The van der Waals surface area contributed by atoms with Crippen LogP contribution in [0.5, 0.6) is 11.5 Å². The fourth-order valence-electron chi connectivity index (χ4n) is 5.94. The van der Waals surface area contributed by atoms with Gasteiger partial charge in [-0.2, -0.15) is 5.26 Å². The number of benzene rings is 2. The van der Waals surface area contributed by atoms with E-state index in [4.69, 9.17) is 10.5 Å². The number of amides is 1. The van der Waals surface area contributed by atoms with Crippen molar-refractivity contribution in [2.24, 2.45) is 0 Å². The Hall–Kier alpha value is -4.95. The van der Waals surface area contributed by atoms with E-state index in [2.05, 4.69) is 20.9 Å². The molecule has 1 amide bonds. The van der Waals surface area contributed by atoms with Crippen LogP contribution in [0.1, 0.15) is 33.1 Å². The van der Waals surface area contributed by atoms with Crippen LogP contribution in [0.3, 0.4) is 0 Å². The molecule has 4 aromatic rings. The molecule has 6 rings (SSSR count). The zero-order chi connectivity index (χ0) is 30.1. The van der Waals surface area contributed by atoms with Crippen LogP contribution in [0, 0.1) is 11.3 Å². The van der Waals surface area contributed by atoms with E-state index >= 15 is 0 Å². The lowest BCUT2D eigenvalue weighted by molar-refractivity contribution is -0.134. The molecule has 11 nitrogen and oxygen atoms in total. The lowest BCUT2D eigenvalue weighted by atomic mass is 9.96. The Labute approximate surface area is 249 Å². The van der Waals surface area contributed by atoms with Crippen LogP contribution in [0.15, 0.2) is 77.4 Å². The number of nitriles is 1. The van der Waals surface area contributed by atoms with Crippen LogP contribution in [0.25, 0.3) is 16.9 Å². The van der Waals surface area contributed by atoms with E-state index in [9.17, 15) is 14.9 Å². The Bertz CT molecular complexity index is 1780. The average molecular weight is 579 g/mol. The number of likely N-dealkylation sites (tertiary alicyclic amines) is 2. The molecular formula is C32H34N8O3. The number of imidazole rings is 1.